The molecule has 2 N–H and O–H groups in total. The third-order valence-corrected chi connectivity index (χ3v) is 8.44. The van der Waals surface area contributed by atoms with Crippen LogP contribution in [0.1, 0.15) is 71.6 Å². The first kappa shape index (κ1) is 14.5. The Bertz CT molecular complexity index is 422. The summed E-state index contributed by atoms with van der Waals surface area (Å²) < 4.78 is 0. The van der Waals surface area contributed by atoms with Crippen molar-refractivity contribution in [3.8, 4) is 0 Å². The molecule has 0 aromatic heterocycles. The van der Waals surface area contributed by atoms with E-state index in [4.69, 9.17) is 0 Å². The maximum atomic E-state index is 10.9. The first-order valence-electron chi connectivity index (χ1n) is 9.30. The summed E-state index contributed by atoms with van der Waals surface area (Å²) >= 11 is 0. The largest absolute Gasteiger partial charge is 0.393 e. The molecule has 4 fully saturated rings. The first-order chi connectivity index (χ1) is 9.94. The van der Waals surface area contributed by atoms with Gasteiger partial charge in [0.1, 0.15) is 0 Å². The molecule has 120 valence electrons. The molecule has 21 heavy (non-hydrogen) atoms. The van der Waals surface area contributed by atoms with Gasteiger partial charge in [-0.2, -0.15) is 0 Å². The molecule has 0 heterocycles. The van der Waals surface area contributed by atoms with E-state index in [1.165, 1.54) is 38.5 Å². The number of fused-ring (bicyclic) bond motifs is 5. The van der Waals surface area contributed by atoms with Gasteiger partial charge >= 0.3 is 0 Å². The van der Waals surface area contributed by atoms with Crippen LogP contribution in [0, 0.1) is 34.5 Å². The molecule has 0 radical (unpaired) electrons. The average Bonchev–Trinajstić information content (AvgIpc) is 2.82. The van der Waals surface area contributed by atoms with Gasteiger partial charge in [0.05, 0.1) is 12.2 Å². The van der Waals surface area contributed by atoms with Gasteiger partial charge in [-0.25, -0.2) is 0 Å². The van der Waals surface area contributed by atoms with E-state index in [1.54, 1.807) is 0 Å². The third kappa shape index (κ3) is 1.97. The van der Waals surface area contributed by atoms with E-state index in [9.17, 15) is 10.2 Å². The average molecular weight is 292 g/mol. The van der Waals surface area contributed by atoms with Crippen molar-refractivity contribution in [1.29, 1.82) is 0 Å². The lowest BCUT2D eigenvalue weighted by Crippen LogP contribution is -2.57. The van der Waals surface area contributed by atoms with Crippen molar-refractivity contribution in [2.24, 2.45) is 34.5 Å². The number of aliphatic hydroxyl groups excluding tert-OH is 2. The van der Waals surface area contributed by atoms with Crippen LogP contribution in [0.25, 0.3) is 0 Å². The van der Waals surface area contributed by atoms with Crippen molar-refractivity contribution in [1.82, 2.24) is 0 Å². The van der Waals surface area contributed by atoms with Crippen LogP contribution in [0.4, 0.5) is 0 Å². The van der Waals surface area contributed by atoms with E-state index < -0.39 is 0 Å². The standard InChI is InChI=1S/C19H32O2/c1-18-7-3-4-14(18)17-15(6-8-18)19(2)9-5-13(20)10-12(19)11-16(17)21/h12-17,20-21H,3-11H2,1-2H3/t12-,13+,14+,15+,16+,17+,18+,19+/m1/s1. The Labute approximate surface area is 129 Å². The van der Waals surface area contributed by atoms with Gasteiger partial charge in [-0.15, -0.1) is 0 Å². The van der Waals surface area contributed by atoms with Crippen molar-refractivity contribution >= 4 is 0 Å². The summed E-state index contributed by atoms with van der Waals surface area (Å²) in [5, 5.41) is 21.0. The van der Waals surface area contributed by atoms with Crippen LogP contribution in [0.3, 0.4) is 0 Å². The fraction of sp³-hybridized carbons (Fsp3) is 1.00. The molecule has 0 aliphatic heterocycles. The highest BCUT2D eigenvalue weighted by Crippen LogP contribution is 2.66. The van der Waals surface area contributed by atoms with Gasteiger partial charge in [0.2, 0.25) is 0 Å². The highest BCUT2D eigenvalue weighted by molar-refractivity contribution is 5.09. The summed E-state index contributed by atoms with van der Waals surface area (Å²) in [6.07, 6.45) is 10.6. The van der Waals surface area contributed by atoms with E-state index in [-0.39, 0.29) is 12.2 Å². The molecule has 0 amide bonds. The van der Waals surface area contributed by atoms with E-state index in [0.717, 1.165) is 25.2 Å². The van der Waals surface area contributed by atoms with Gasteiger partial charge in [-0.1, -0.05) is 20.3 Å². The van der Waals surface area contributed by atoms with Crippen LogP contribution in [-0.2, 0) is 0 Å². The van der Waals surface area contributed by atoms with Crippen LogP contribution in [0.2, 0.25) is 0 Å². The monoisotopic (exact) mass is 292 g/mol. The SMILES string of the molecule is C[C@@]12CCC[C@H]1[C@@H]1[C@@H](O)C[C@H]3C[C@@H](O)CC[C@]3(C)[C@H]1CC2. The minimum absolute atomic E-state index is 0.110. The molecule has 0 saturated heterocycles. The molecule has 4 aliphatic carbocycles. The molecular weight excluding hydrogens is 260 g/mol. The van der Waals surface area contributed by atoms with Crippen LogP contribution in [0.15, 0.2) is 0 Å². The van der Waals surface area contributed by atoms with Crippen molar-refractivity contribution < 1.29 is 10.2 Å². The van der Waals surface area contributed by atoms with Gasteiger partial charge < -0.3 is 10.2 Å². The highest BCUT2D eigenvalue weighted by atomic mass is 16.3. The molecule has 0 unspecified atom stereocenters. The Morgan fingerprint density at radius 2 is 1.67 bits per heavy atom. The Morgan fingerprint density at radius 3 is 2.48 bits per heavy atom. The zero-order valence-electron chi connectivity index (χ0n) is 13.7. The normalized spacial score (nSPS) is 60.0. The van der Waals surface area contributed by atoms with Gasteiger partial charge in [-0.05, 0) is 85.9 Å². The number of aliphatic hydroxyl groups is 2. The van der Waals surface area contributed by atoms with Gasteiger partial charge in [0, 0.05) is 0 Å². The molecule has 0 aromatic carbocycles. The predicted molar refractivity (Wildman–Crippen MR) is 83.7 cm³/mol. The van der Waals surface area contributed by atoms with Crippen molar-refractivity contribution in [2.75, 3.05) is 0 Å². The number of hydrogen-bond acceptors (Lipinski definition) is 2. The second-order valence-corrected chi connectivity index (χ2v) is 9.31. The summed E-state index contributed by atoms with van der Waals surface area (Å²) in [4.78, 5) is 0. The minimum atomic E-state index is -0.118. The van der Waals surface area contributed by atoms with Crippen LogP contribution in [-0.4, -0.2) is 22.4 Å². The second kappa shape index (κ2) is 4.71. The van der Waals surface area contributed by atoms with E-state index in [2.05, 4.69) is 13.8 Å². The van der Waals surface area contributed by atoms with Crippen LogP contribution < -0.4 is 0 Å². The Kier molecular flexibility index (Phi) is 3.25. The second-order valence-electron chi connectivity index (χ2n) is 9.31. The fourth-order valence-electron chi connectivity index (χ4n) is 7.19. The summed E-state index contributed by atoms with van der Waals surface area (Å²) in [5.41, 5.74) is 0.895. The molecule has 8 atom stereocenters. The van der Waals surface area contributed by atoms with E-state index >= 15 is 0 Å². The van der Waals surface area contributed by atoms with Crippen molar-refractivity contribution in [3.63, 3.8) is 0 Å². The van der Waals surface area contributed by atoms with Crippen LogP contribution in [0.5, 0.6) is 0 Å². The number of hydrogen-bond donors (Lipinski definition) is 2. The molecule has 0 bridgehead atoms. The van der Waals surface area contributed by atoms with Crippen molar-refractivity contribution in [3.05, 3.63) is 0 Å². The number of rotatable bonds is 0. The Balaban J connectivity index is 1.67. The fourth-order valence-corrected chi connectivity index (χ4v) is 7.19. The maximum absolute atomic E-state index is 10.9. The molecule has 4 saturated carbocycles. The topological polar surface area (TPSA) is 40.5 Å². The maximum Gasteiger partial charge on any atom is 0.0577 e. The molecule has 0 spiro atoms. The quantitative estimate of drug-likeness (QED) is 0.714. The smallest absolute Gasteiger partial charge is 0.0577 e. The third-order valence-electron chi connectivity index (χ3n) is 8.44. The zero-order valence-corrected chi connectivity index (χ0v) is 13.7. The summed E-state index contributed by atoms with van der Waals surface area (Å²) in [6.45, 7) is 4.98. The summed E-state index contributed by atoms with van der Waals surface area (Å²) in [6, 6.07) is 0. The Hall–Kier alpha value is -0.0800. The molecule has 0 aromatic rings. The van der Waals surface area contributed by atoms with Gasteiger partial charge in [0.15, 0.2) is 0 Å². The Morgan fingerprint density at radius 1 is 0.857 bits per heavy atom. The molecular formula is C19H32O2. The lowest BCUT2D eigenvalue weighted by atomic mass is 9.44. The van der Waals surface area contributed by atoms with Crippen LogP contribution >= 0.6 is 0 Å². The predicted octanol–water partition coefficient (Wildman–Crippen LogP) is 3.75. The zero-order chi connectivity index (χ0) is 14.8. The molecule has 4 rings (SSSR count). The molecule has 2 nitrogen and oxygen atoms in total. The highest BCUT2D eigenvalue weighted by Gasteiger charge is 2.60. The molecule has 4 aliphatic rings. The van der Waals surface area contributed by atoms with E-state index in [0.29, 0.717) is 28.6 Å². The van der Waals surface area contributed by atoms with E-state index in [1.807, 2.05) is 0 Å². The van der Waals surface area contributed by atoms with Crippen molar-refractivity contribution in [2.45, 2.75) is 83.8 Å². The van der Waals surface area contributed by atoms with Gasteiger partial charge in [0.25, 0.3) is 0 Å². The summed E-state index contributed by atoms with van der Waals surface area (Å²) in [5.74, 6) is 2.55. The lowest BCUT2D eigenvalue weighted by molar-refractivity contribution is -0.168. The first-order valence-corrected chi connectivity index (χ1v) is 9.30. The summed E-state index contributed by atoms with van der Waals surface area (Å²) in [7, 11) is 0. The molecule has 2 heteroatoms. The minimum Gasteiger partial charge on any atom is -0.393 e. The lowest BCUT2D eigenvalue weighted by Gasteiger charge is -2.61. The van der Waals surface area contributed by atoms with Gasteiger partial charge in [-0.3, -0.25) is 0 Å².